The molecule has 2 aliphatic rings. The van der Waals surface area contributed by atoms with Crippen LogP contribution in [-0.4, -0.2) is 31.2 Å². The first-order valence-corrected chi connectivity index (χ1v) is 7.70. The average Bonchev–Trinajstić information content (AvgIpc) is 2.89. The fraction of sp³-hybridized carbons (Fsp3) is 0.500. The summed E-state index contributed by atoms with van der Waals surface area (Å²) in [4.78, 5) is 2.30. The Morgan fingerprint density at radius 1 is 1.30 bits per heavy atom. The number of nitrogens with one attached hydrogen (secondary N) is 1. The van der Waals surface area contributed by atoms with Gasteiger partial charge in [-0.2, -0.15) is 0 Å². The second-order valence-electron chi connectivity index (χ2n) is 5.98. The molecule has 2 aliphatic heterocycles. The summed E-state index contributed by atoms with van der Waals surface area (Å²) in [5, 5.41) is 3.01. The van der Waals surface area contributed by atoms with Gasteiger partial charge < -0.3 is 9.91 Å². The van der Waals surface area contributed by atoms with Gasteiger partial charge in [-0.25, -0.2) is 5.43 Å². The van der Waals surface area contributed by atoms with Crippen LogP contribution >= 0.6 is 11.6 Å². The minimum Gasteiger partial charge on any atom is -0.374 e. The molecule has 0 spiro atoms. The standard InChI is InChI=1S/C16H22ClN3/c1-11(2)20-10-13(9-18-20)14-7-12-5-4-6-19(3)16(12)8-15(14)17/h7-8,10-11,18H,4-6,9H2,1-3H3. The van der Waals surface area contributed by atoms with Crippen LogP contribution in [-0.2, 0) is 6.42 Å². The monoisotopic (exact) mass is 291 g/mol. The second-order valence-corrected chi connectivity index (χ2v) is 6.38. The topological polar surface area (TPSA) is 18.5 Å². The fourth-order valence-corrected chi connectivity index (χ4v) is 3.25. The first-order valence-electron chi connectivity index (χ1n) is 7.32. The Kier molecular flexibility index (Phi) is 3.65. The molecular weight excluding hydrogens is 270 g/mol. The number of hydrogen-bond donors (Lipinski definition) is 1. The number of benzene rings is 1. The molecule has 20 heavy (non-hydrogen) atoms. The Bertz CT molecular complexity index is 551. The number of hydrazine groups is 1. The van der Waals surface area contributed by atoms with Gasteiger partial charge >= 0.3 is 0 Å². The lowest BCUT2D eigenvalue weighted by atomic mass is 9.96. The van der Waals surface area contributed by atoms with Crippen molar-refractivity contribution in [1.82, 2.24) is 10.4 Å². The summed E-state index contributed by atoms with van der Waals surface area (Å²) < 4.78 is 0. The van der Waals surface area contributed by atoms with Gasteiger partial charge in [0, 0.05) is 38.1 Å². The van der Waals surface area contributed by atoms with Crippen LogP contribution in [0.5, 0.6) is 0 Å². The van der Waals surface area contributed by atoms with E-state index in [2.05, 4.69) is 54.6 Å². The minimum absolute atomic E-state index is 0.454. The average molecular weight is 292 g/mol. The van der Waals surface area contributed by atoms with E-state index in [-0.39, 0.29) is 0 Å². The van der Waals surface area contributed by atoms with Crippen LogP contribution < -0.4 is 10.3 Å². The molecule has 4 heteroatoms. The van der Waals surface area contributed by atoms with Crippen molar-refractivity contribution in [2.75, 3.05) is 25.0 Å². The van der Waals surface area contributed by atoms with Gasteiger partial charge in [-0.05, 0) is 55.5 Å². The maximum atomic E-state index is 6.52. The van der Waals surface area contributed by atoms with Crippen molar-refractivity contribution in [3.05, 3.63) is 34.5 Å². The summed E-state index contributed by atoms with van der Waals surface area (Å²) in [6.45, 7) is 6.33. The zero-order chi connectivity index (χ0) is 14.3. The Morgan fingerprint density at radius 2 is 2.10 bits per heavy atom. The van der Waals surface area contributed by atoms with E-state index in [4.69, 9.17) is 11.6 Å². The van der Waals surface area contributed by atoms with Crippen molar-refractivity contribution in [3.63, 3.8) is 0 Å². The highest BCUT2D eigenvalue weighted by Gasteiger charge is 2.21. The van der Waals surface area contributed by atoms with Crippen molar-refractivity contribution in [1.29, 1.82) is 0 Å². The molecule has 1 aromatic carbocycles. The highest BCUT2D eigenvalue weighted by atomic mass is 35.5. The molecular formula is C16H22ClN3. The van der Waals surface area contributed by atoms with Gasteiger partial charge in [0.1, 0.15) is 0 Å². The molecule has 0 saturated carbocycles. The van der Waals surface area contributed by atoms with E-state index in [1.165, 1.54) is 28.8 Å². The van der Waals surface area contributed by atoms with Crippen LogP contribution in [0.4, 0.5) is 5.69 Å². The Balaban J connectivity index is 1.97. The highest BCUT2D eigenvalue weighted by molar-refractivity contribution is 6.32. The third kappa shape index (κ3) is 2.40. The van der Waals surface area contributed by atoms with Crippen LogP contribution in [0.3, 0.4) is 0 Å². The van der Waals surface area contributed by atoms with Gasteiger partial charge in [0.2, 0.25) is 0 Å². The molecule has 0 radical (unpaired) electrons. The zero-order valence-electron chi connectivity index (χ0n) is 12.4. The molecule has 0 bridgehead atoms. The predicted octanol–water partition coefficient (Wildman–Crippen LogP) is 3.29. The van der Waals surface area contributed by atoms with E-state index in [1.54, 1.807) is 0 Å². The van der Waals surface area contributed by atoms with Crippen molar-refractivity contribution in [3.8, 4) is 0 Å². The van der Waals surface area contributed by atoms with Crippen molar-refractivity contribution < 1.29 is 0 Å². The maximum absolute atomic E-state index is 6.52. The molecule has 0 saturated heterocycles. The normalized spacial score (nSPS) is 18.6. The third-order valence-corrected chi connectivity index (χ3v) is 4.48. The van der Waals surface area contributed by atoms with Crippen LogP contribution in [0.1, 0.15) is 31.4 Å². The van der Waals surface area contributed by atoms with Gasteiger partial charge in [0.25, 0.3) is 0 Å². The fourth-order valence-electron chi connectivity index (χ4n) is 2.97. The summed E-state index contributed by atoms with van der Waals surface area (Å²) in [6.07, 6.45) is 4.56. The van der Waals surface area contributed by atoms with E-state index in [0.29, 0.717) is 6.04 Å². The molecule has 108 valence electrons. The lowest BCUT2D eigenvalue weighted by Gasteiger charge is -2.28. The number of fused-ring (bicyclic) bond motifs is 1. The second kappa shape index (κ2) is 5.30. The number of rotatable bonds is 2. The van der Waals surface area contributed by atoms with E-state index in [0.717, 1.165) is 24.5 Å². The molecule has 0 aliphatic carbocycles. The summed E-state index contributed by atoms with van der Waals surface area (Å²) in [6, 6.07) is 4.87. The summed E-state index contributed by atoms with van der Waals surface area (Å²) in [5.41, 5.74) is 8.55. The lowest BCUT2D eigenvalue weighted by molar-refractivity contribution is 0.250. The van der Waals surface area contributed by atoms with E-state index in [9.17, 15) is 0 Å². The molecule has 0 amide bonds. The molecule has 2 heterocycles. The van der Waals surface area contributed by atoms with E-state index in [1.807, 2.05) is 0 Å². The number of anilines is 1. The smallest absolute Gasteiger partial charge is 0.0503 e. The Labute approximate surface area is 126 Å². The van der Waals surface area contributed by atoms with E-state index < -0.39 is 0 Å². The van der Waals surface area contributed by atoms with Crippen molar-refractivity contribution in [2.45, 2.75) is 32.7 Å². The predicted molar refractivity (Wildman–Crippen MR) is 86.0 cm³/mol. The lowest BCUT2D eigenvalue weighted by Crippen LogP contribution is -2.34. The summed E-state index contributed by atoms with van der Waals surface area (Å²) in [5.74, 6) is 0. The maximum Gasteiger partial charge on any atom is 0.0503 e. The molecule has 0 unspecified atom stereocenters. The van der Waals surface area contributed by atoms with Gasteiger partial charge in [-0.15, -0.1) is 0 Å². The highest BCUT2D eigenvalue weighted by Crippen LogP contribution is 2.35. The van der Waals surface area contributed by atoms with Gasteiger partial charge in [-0.3, -0.25) is 0 Å². The number of hydrogen-bond acceptors (Lipinski definition) is 3. The summed E-state index contributed by atoms with van der Waals surface area (Å²) >= 11 is 6.52. The molecule has 1 aromatic rings. The molecule has 0 atom stereocenters. The largest absolute Gasteiger partial charge is 0.374 e. The van der Waals surface area contributed by atoms with Crippen LogP contribution in [0.15, 0.2) is 18.3 Å². The SMILES string of the molecule is CC(C)N1C=C(c2cc3c(cc2Cl)N(C)CCC3)CN1. The molecule has 3 rings (SSSR count). The van der Waals surface area contributed by atoms with Gasteiger partial charge in [0.15, 0.2) is 0 Å². The third-order valence-electron chi connectivity index (χ3n) is 4.17. The van der Waals surface area contributed by atoms with Crippen molar-refractivity contribution >= 4 is 22.9 Å². The zero-order valence-corrected chi connectivity index (χ0v) is 13.2. The molecule has 1 N–H and O–H groups in total. The summed E-state index contributed by atoms with van der Waals surface area (Å²) in [7, 11) is 2.14. The number of nitrogens with zero attached hydrogens (tertiary/aromatic N) is 2. The Morgan fingerprint density at radius 3 is 2.80 bits per heavy atom. The minimum atomic E-state index is 0.454. The van der Waals surface area contributed by atoms with Crippen LogP contribution in [0, 0.1) is 0 Å². The van der Waals surface area contributed by atoms with Gasteiger partial charge in [-0.1, -0.05) is 11.6 Å². The van der Waals surface area contributed by atoms with Gasteiger partial charge in [0.05, 0.1) is 5.02 Å². The quantitative estimate of drug-likeness (QED) is 0.902. The number of halogens is 1. The van der Waals surface area contributed by atoms with Crippen molar-refractivity contribution in [2.24, 2.45) is 0 Å². The molecule has 0 fully saturated rings. The Hall–Kier alpha value is -1.19. The number of aryl methyl sites for hydroxylation is 1. The van der Waals surface area contributed by atoms with Crippen LogP contribution in [0.2, 0.25) is 5.02 Å². The van der Waals surface area contributed by atoms with Crippen LogP contribution in [0.25, 0.3) is 5.57 Å². The first kappa shape index (κ1) is 13.8. The molecule has 0 aromatic heterocycles. The van der Waals surface area contributed by atoms with E-state index >= 15 is 0 Å². The first-order chi connectivity index (χ1) is 9.56. The molecule has 3 nitrogen and oxygen atoms in total.